The molecule has 1 aromatic carbocycles. The van der Waals surface area contributed by atoms with E-state index in [1.165, 1.54) is 6.07 Å². The van der Waals surface area contributed by atoms with Gasteiger partial charge in [0, 0.05) is 17.3 Å². The molecule has 0 radical (unpaired) electrons. The van der Waals surface area contributed by atoms with Crippen molar-refractivity contribution in [2.24, 2.45) is 5.73 Å². The monoisotopic (exact) mass is 346 g/mol. The van der Waals surface area contributed by atoms with E-state index < -0.39 is 18.4 Å². The largest absolute Gasteiger partial charge is 0.376 e. The molecule has 25 heavy (non-hydrogen) atoms. The van der Waals surface area contributed by atoms with Gasteiger partial charge < -0.3 is 15.2 Å². The zero-order valence-corrected chi connectivity index (χ0v) is 13.4. The molecule has 130 valence electrons. The summed E-state index contributed by atoms with van der Waals surface area (Å²) in [4.78, 5) is 15.8. The van der Waals surface area contributed by atoms with Crippen molar-refractivity contribution in [3.05, 3.63) is 52.3 Å². The van der Waals surface area contributed by atoms with Crippen molar-refractivity contribution in [2.75, 3.05) is 13.2 Å². The lowest BCUT2D eigenvalue weighted by Gasteiger charge is -2.26. The van der Waals surface area contributed by atoms with Crippen LogP contribution in [0.5, 0.6) is 0 Å². The molecule has 0 bridgehead atoms. The maximum atomic E-state index is 13.9. The minimum Gasteiger partial charge on any atom is -0.376 e. The third kappa shape index (κ3) is 2.69. The maximum absolute atomic E-state index is 13.9. The summed E-state index contributed by atoms with van der Waals surface area (Å²) < 4.78 is 38.4. The molecule has 2 aliphatic rings. The molecular formula is C18H16F2N2O3. The highest BCUT2D eigenvalue weighted by molar-refractivity contribution is 5.93. The molecule has 0 atom stereocenters. The van der Waals surface area contributed by atoms with Gasteiger partial charge in [0.1, 0.15) is 12.3 Å². The van der Waals surface area contributed by atoms with Gasteiger partial charge in [0.15, 0.2) is 0 Å². The summed E-state index contributed by atoms with van der Waals surface area (Å²) in [6.45, 7) is 0.363. The SMILES string of the molecule is NC(=O)c1ncc(-c2ccc3c(c2)COCC3(F)F)c2c1CCOC2. The number of hydrogen-bond acceptors (Lipinski definition) is 4. The van der Waals surface area contributed by atoms with E-state index in [0.29, 0.717) is 25.2 Å². The van der Waals surface area contributed by atoms with Gasteiger partial charge in [-0.1, -0.05) is 12.1 Å². The lowest BCUT2D eigenvalue weighted by atomic mass is 9.90. The van der Waals surface area contributed by atoms with Crippen molar-refractivity contribution in [3.63, 3.8) is 0 Å². The molecule has 4 rings (SSSR count). The number of nitrogens with two attached hydrogens (primary N) is 1. The van der Waals surface area contributed by atoms with Gasteiger partial charge in [0.05, 0.1) is 19.8 Å². The van der Waals surface area contributed by atoms with Crippen LogP contribution < -0.4 is 5.73 Å². The number of pyridine rings is 1. The second-order valence-electron chi connectivity index (χ2n) is 6.21. The fourth-order valence-electron chi connectivity index (χ4n) is 3.44. The first-order chi connectivity index (χ1) is 12.0. The standard InChI is InChI=1S/C18H16F2N2O3/c19-18(20)9-25-7-11-5-10(1-2-15(11)18)13-6-22-16(17(21)23)12-3-4-24-8-14(12)13/h1-2,5-6H,3-4,7-9H2,(H2,21,23). The summed E-state index contributed by atoms with van der Waals surface area (Å²) in [5.41, 5.74) is 9.21. The van der Waals surface area contributed by atoms with E-state index in [-0.39, 0.29) is 17.9 Å². The summed E-state index contributed by atoms with van der Waals surface area (Å²) in [6, 6.07) is 4.78. The molecule has 2 N–H and O–H groups in total. The minimum atomic E-state index is -2.98. The van der Waals surface area contributed by atoms with Crippen LogP contribution in [-0.2, 0) is 35.0 Å². The van der Waals surface area contributed by atoms with Gasteiger partial charge in [-0.05, 0) is 34.7 Å². The highest BCUT2D eigenvalue weighted by atomic mass is 19.3. The summed E-state index contributed by atoms with van der Waals surface area (Å²) in [6.07, 6.45) is 2.09. The van der Waals surface area contributed by atoms with Gasteiger partial charge in [-0.3, -0.25) is 9.78 Å². The number of ether oxygens (including phenoxy) is 2. The minimum absolute atomic E-state index is 0.00525. The number of hydrogen-bond donors (Lipinski definition) is 1. The first-order valence-corrected chi connectivity index (χ1v) is 7.95. The fraction of sp³-hybridized carbons (Fsp3) is 0.333. The number of amides is 1. The number of nitrogens with zero attached hydrogens (tertiary/aromatic N) is 1. The number of carbonyl (C=O) groups excluding carboxylic acids is 1. The van der Waals surface area contributed by atoms with Crippen LogP contribution in [0.2, 0.25) is 0 Å². The second kappa shape index (κ2) is 5.86. The van der Waals surface area contributed by atoms with Crippen LogP contribution in [0.25, 0.3) is 11.1 Å². The number of benzene rings is 1. The second-order valence-corrected chi connectivity index (χ2v) is 6.21. The average molecular weight is 346 g/mol. The Labute approximate surface area is 142 Å². The van der Waals surface area contributed by atoms with Gasteiger partial charge >= 0.3 is 0 Å². The maximum Gasteiger partial charge on any atom is 0.296 e. The zero-order valence-electron chi connectivity index (χ0n) is 13.4. The normalized spacial score (nSPS) is 18.3. The Morgan fingerprint density at radius 3 is 2.84 bits per heavy atom. The summed E-state index contributed by atoms with van der Waals surface area (Å²) in [7, 11) is 0. The molecule has 7 heteroatoms. The zero-order chi connectivity index (χ0) is 17.6. The average Bonchev–Trinajstić information content (AvgIpc) is 2.60. The van der Waals surface area contributed by atoms with Gasteiger partial charge in [0.2, 0.25) is 0 Å². The molecule has 0 spiro atoms. The first kappa shape index (κ1) is 16.1. The Bertz CT molecular complexity index is 868. The number of carbonyl (C=O) groups is 1. The van der Waals surface area contributed by atoms with Crippen molar-refractivity contribution in [2.45, 2.75) is 25.6 Å². The van der Waals surface area contributed by atoms with E-state index in [1.807, 2.05) is 0 Å². The molecule has 2 aliphatic heterocycles. The number of primary amides is 1. The molecule has 1 aromatic heterocycles. The van der Waals surface area contributed by atoms with Gasteiger partial charge in [-0.25, -0.2) is 0 Å². The summed E-state index contributed by atoms with van der Waals surface area (Å²) >= 11 is 0. The highest BCUT2D eigenvalue weighted by Gasteiger charge is 2.37. The Balaban J connectivity index is 1.85. The highest BCUT2D eigenvalue weighted by Crippen LogP contribution is 2.38. The van der Waals surface area contributed by atoms with Crippen LogP contribution in [0.15, 0.2) is 24.4 Å². The number of alkyl halides is 2. The molecule has 0 fully saturated rings. The van der Waals surface area contributed by atoms with Crippen molar-refractivity contribution < 1.29 is 23.0 Å². The predicted molar refractivity (Wildman–Crippen MR) is 85.1 cm³/mol. The lowest BCUT2D eigenvalue weighted by Crippen LogP contribution is -2.27. The molecule has 2 aromatic rings. The van der Waals surface area contributed by atoms with E-state index >= 15 is 0 Å². The van der Waals surface area contributed by atoms with E-state index in [2.05, 4.69) is 4.98 Å². The van der Waals surface area contributed by atoms with E-state index in [9.17, 15) is 13.6 Å². The van der Waals surface area contributed by atoms with Crippen LogP contribution in [0.1, 0.15) is 32.7 Å². The third-order valence-electron chi connectivity index (χ3n) is 4.63. The molecule has 0 saturated carbocycles. The lowest BCUT2D eigenvalue weighted by molar-refractivity contribution is -0.103. The van der Waals surface area contributed by atoms with Crippen molar-refractivity contribution in [3.8, 4) is 11.1 Å². The molecule has 0 saturated heterocycles. The van der Waals surface area contributed by atoms with Gasteiger partial charge in [-0.15, -0.1) is 0 Å². The molecular weight excluding hydrogens is 330 g/mol. The predicted octanol–water partition coefficient (Wildman–Crippen LogP) is 2.54. The van der Waals surface area contributed by atoms with E-state index in [0.717, 1.165) is 22.3 Å². The number of halogens is 2. The Kier molecular flexibility index (Phi) is 3.77. The van der Waals surface area contributed by atoms with Crippen LogP contribution in [0.4, 0.5) is 8.78 Å². The van der Waals surface area contributed by atoms with Crippen molar-refractivity contribution in [1.82, 2.24) is 4.98 Å². The Hall–Kier alpha value is -2.38. The Morgan fingerprint density at radius 2 is 2.04 bits per heavy atom. The third-order valence-corrected chi connectivity index (χ3v) is 4.63. The smallest absolute Gasteiger partial charge is 0.296 e. The summed E-state index contributed by atoms with van der Waals surface area (Å²) in [5.74, 6) is -3.56. The van der Waals surface area contributed by atoms with Crippen LogP contribution >= 0.6 is 0 Å². The number of fused-ring (bicyclic) bond motifs is 2. The quantitative estimate of drug-likeness (QED) is 0.907. The number of rotatable bonds is 2. The molecule has 3 heterocycles. The van der Waals surface area contributed by atoms with E-state index in [1.54, 1.807) is 18.3 Å². The Morgan fingerprint density at radius 1 is 1.20 bits per heavy atom. The van der Waals surface area contributed by atoms with Crippen LogP contribution in [-0.4, -0.2) is 24.1 Å². The van der Waals surface area contributed by atoms with Crippen molar-refractivity contribution >= 4 is 5.91 Å². The van der Waals surface area contributed by atoms with Crippen molar-refractivity contribution in [1.29, 1.82) is 0 Å². The van der Waals surface area contributed by atoms with Crippen LogP contribution in [0, 0.1) is 0 Å². The first-order valence-electron chi connectivity index (χ1n) is 7.95. The molecule has 1 amide bonds. The van der Waals surface area contributed by atoms with Crippen LogP contribution in [0.3, 0.4) is 0 Å². The van der Waals surface area contributed by atoms with Gasteiger partial charge in [-0.2, -0.15) is 8.78 Å². The summed E-state index contributed by atoms with van der Waals surface area (Å²) in [5, 5.41) is 0. The number of aromatic nitrogens is 1. The fourth-order valence-corrected chi connectivity index (χ4v) is 3.44. The van der Waals surface area contributed by atoms with E-state index in [4.69, 9.17) is 15.2 Å². The van der Waals surface area contributed by atoms with Gasteiger partial charge in [0.25, 0.3) is 11.8 Å². The topological polar surface area (TPSA) is 74.4 Å². The molecule has 0 unspecified atom stereocenters. The molecule has 5 nitrogen and oxygen atoms in total. The molecule has 0 aliphatic carbocycles.